The molecule has 0 amide bonds. The van der Waals surface area contributed by atoms with Gasteiger partial charge in [-0.1, -0.05) is 13.3 Å². The number of piperazine rings is 1. The molecule has 1 aliphatic heterocycles. The zero-order chi connectivity index (χ0) is 14.7. The number of nitrogens with zero attached hydrogens (tertiary/aromatic N) is 4. The normalized spacial score (nSPS) is 23.1. The van der Waals surface area contributed by atoms with E-state index in [4.69, 9.17) is 4.42 Å². The van der Waals surface area contributed by atoms with Crippen molar-refractivity contribution in [2.24, 2.45) is 0 Å². The lowest BCUT2D eigenvalue weighted by molar-refractivity contribution is 0.0573. The topological polar surface area (TPSA) is 65.6 Å². The molecule has 2 fully saturated rings. The summed E-state index contributed by atoms with van der Waals surface area (Å²) in [5, 5.41) is 17.7. The van der Waals surface area contributed by atoms with Crippen molar-refractivity contribution in [2.45, 2.75) is 51.1 Å². The maximum Gasteiger partial charge on any atom is 0.230 e. The molecule has 2 aliphatic rings. The van der Waals surface area contributed by atoms with E-state index in [1.807, 2.05) is 0 Å². The quantitative estimate of drug-likeness (QED) is 0.851. The van der Waals surface area contributed by atoms with Gasteiger partial charge in [0.15, 0.2) is 0 Å². The van der Waals surface area contributed by atoms with E-state index in [1.165, 1.54) is 19.3 Å². The minimum atomic E-state index is 0.255. The van der Waals surface area contributed by atoms with Gasteiger partial charge in [0.1, 0.15) is 0 Å². The van der Waals surface area contributed by atoms with Gasteiger partial charge in [0.2, 0.25) is 11.8 Å². The molecule has 1 atom stereocenters. The molecular weight excluding hydrogens is 268 g/mol. The van der Waals surface area contributed by atoms with Gasteiger partial charge >= 0.3 is 0 Å². The molecule has 0 aromatic carbocycles. The Bertz CT molecular complexity index is 435. The molecule has 1 aromatic heterocycles. The van der Waals surface area contributed by atoms with E-state index < -0.39 is 0 Å². The highest BCUT2D eigenvalue weighted by Gasteiger charge is 2.26. The lowest BCUT2D eigenvalue weighted by atomic mass is 9.85. The molecule has 6 heteroatoms. The zero-order valence-corrected chi connectivity index (χ0v) is 12.9. The summed E-state index contributed by atoms with van der Waals surface area (Å²) in [4.78, 5) is 4.74. The molecule has 1 saturated heterocycles. The predicted molar refractivity (Wildman–Crippen MR) is 78.9 cm³/mol. The fourth-order valence-electron chi connectivity index (χ4n) is 3.13. The molecule has 1 N–H and O–H groups in total. The van der Waals surface area contributed by atoms with Crippen LogP contribution >= 0.6 is 0 Å². The van der Waals surface area contributed by atoms with Crippen molar-refractivity contribution in [2.75, 3.05) is 32.8 Å². The van der Waals surface area contributed by atoms with Crippen LogP contribution in [0.3, 0.4) is 0 Å². The van der Waals surface area contributed by atoms with Crippen molar-refractivity contribution in [1.82, 2.24) is 20.0 Å². The first-order valence-corrected chi connectivity index (χ1v) is 8.19. The van der Waals surface area contributed by atoms with Crippen LogP contribution < -0.4 is 0 Å². The monoisotopic (exact) mass is 294 g/mol. The van der Waals surface area contributed by atoms with E-state index in [2.05, 4.69) is 26.9 Å². The molecule has 1 saturated carbocycles. The molecule has 1 unspecified atom stereocenters. The second-order valence-corrected chi connectivity index (χ2v) is 6.22. The molecule has 3 rings (SSSR count). The molecule has 2 heterocycles. The highest BCUT2D eigenvalue weighted by molar-refractivity contribution is 4.96. The highest BCUT2D eigenvalue weighted by Crippen LogP contribution is 2.35. The third-order valence-electron chi connectivity index (χ3n) is 4.90. The summed E-state index contributed by atoms with van der Waals surface area (Å²) < 4.78 is 5.79. The summed E-state index contributed by atoms with van der Waals surface area (Å²) in [5.74, 6) is 2.10. The Hall–Kier alpha value is -0.980. The van der Waals surface area contributed by atoms with Gasteiger partial charge in [-0.15, -0.1) is 10.2 Å². The average molecular weight is 294 g/mol. The smallest absolute Gasteiger partial charge is 0.230 e. The fourth-order valence-corrected chi connectivity index (χ4v) is 3.13. The van der Waals surface area contributed by atoms with Gasteiger partial charge in [0.25, 0.3) is 0 Å². The minimum absolute atomic E-state index is 0.255. The lowest BCUT2D eigenvalue weighted by Gasteiger charge is -2.37. The maximum absolute atomic E-state index is 9.37. The standard InChI is InChI=1S/C15H26N4O2/c1-2-13(11-20)19-8-6-18(7-9-19)10-14-16-17-15(21-14)12-4-3-5-12/h12-13,20H,2-11H2,1H3. The fraction of sp³-hybridized carbons (Fsp3) is 0.867. The van der Waals surface area contributed by atoms with Crippen LogP contribution in [0, 0.1) is 0 Å². The van der Waals surface area contributed by atoms with Crippen LogP contribution in [0.15, 0.2) is 4.42 Å². The van der Waals surface area contributed by atoms with Crippen LogP contribution in [-0.2, 0) is 6.54 Å². The maximum atomic E-state index is 9.37. The summed E-state index contributed by atoms with van der Waals surface area (Å²) in [6.07, 6.45) is 4.68. The van der Waals surface area contributed by atoms with E-state index in [0.717, 1.165) is 50.9 Å². The van der Waals surface area contributed by atoms with Gasteiger partial charge in [0, 0.05) is 38.1 Å². The van der Waals surface area contributed by atoms with Crippen molar-refractivity contribution >= 4 is 0 Å². The van der Waals surface area contributed by atoms with E-state index in [0.29, 0.717) is 12.0 Å². The Labute approximate surface area is 126 Å². The summed E-state index contributed by atoms with van der Waals surface area (Å²) >= 11 is 0. The third-order valence-corrected chi connectivity index (χ3v) is 4.90. The van der Waals surface area contributed by atoms with E-state index >= 15 is 0 Å². The van der Waals surface area contributed by atoms with Gasteiger partial charge in [-0.25, -0.2) is 0 Å². The van der Waals surface area contributed by atoms with E-state index in [-0.39, 0.29) is 6.61 Å². The predicted octanol–water partition coefficient (Wildman–Crippen LogP) is 1.23. The second-order valence-electron chi connectivity index (χ2n) is 6.22. The number of aliphatic hydroxyl groups is 1. The van der Waals surface area contributed by atoms with Crippen LogP contribution in [0.25, 0.3) is 0 Å². The van der Waals surface area contributed by atoms with Crippen molar-refractivity contribution in [3.8, 4) is 0 Å². The summed E-state index contributed by atoms with van der Waals surface area (Å²) in [6, 6.07) is 0.306. The van der Waals surface area contributed by atoms with Gasteiger partial charge in [-0.05, 0) is 19.3 Å². The molecule has 0 radical (unpaired) electrons. The van der Waals surface area contributed by atoms with Crippen LogP contribution in [0.4, 0.5) is 0 Å². The lowest BCUT2D eigenvalue weighted by Crippen LogP contribution is -2.50. The van der Waals surface area contributed by atoms with Crippen LogP contribution in [0.5, 0.6) is 0 Å². The molecule has 118 valence electrons. The second kappa shape index (κ2) is 6.85. The minimum Gasteiger partial charge on any atom is -0.424 e. The Morgan fingerprint density at radius 3 is 2.57 bits per heavy atom. The molecule has 0 spiro atoms. The van der Waals surface area contributed by atoms with Gasteiger partial charge in [-0.3, -0.25) is 9.80 Å². The molecule has 1 aliphatic carbocycles. The third kappa shape index (κ3) is 3.44. The average Bonchev–Trinajstić information content (AvgIpc) is 2.88. The first-order chi connectivity index (χ1) is 10.3. The Kier molecular flexibility index (Phi) is 4.87. The molecule has 0 bridgehead atoms. The zero-order valence-electron chi connectivity index (χ0n) is 12.9. The number of aliphatic hydroxyl groups excluding tert-OH is 1. The van der Waals surface area contributed by atoms with Crippen LogP contribution in [0.2, 0.25) is 0 Å². The number of hydrogen-bond donors (Lipinski definition) is 1. The molecular formula is C15H26N4O2. The van der Waals surface area contributed by atoms with Crippen LogP contribution in [-0.4, -0.2) is 63.9 Å². The SMILES string of the molecule is CCC(CO)N1CCN(Cc2nnc(C3CCC3)o2)CC1. The van der Waals surface area contributed by atoms with Crippen LogP contribution in [0.1, 0.15) is 50.3 Å². The summed E-state index contributed by atoms with van der Waals surface area (Å²) in [5.41, 5.74) is 0. The van der Waals surface area contributed by atoms with Crippen molar-refractivity contribution in [1.29, 1.82) is 0 Å². The summed E-state index contributed by atoms with van der Waals surface area (Å²) in [7, 11) is 0. The van der Waals surface area contributed by atoms with E-state index in [9.17, 15) is 5.11 Å². The van der Waals surface area contributed by atoms with Crippen molar-refractivity contribution in [3.05, 3.63) is 11.8 Å². The number of aromatic nitrogens is 2. The number of rotatable bonds is 6. The Balaban J connectivity index is 1.47. The Morgan fingerprint density at radius 2 is 2.00 bits per heavy atom. The van der Waals surface area contributed by atoms with Crippen molar-refractivity contribution in [3.63, 3.8) is 0 Å². The highest BCUT2D eigenvalue weighted by atomic mass is 16.4. The molecule has 6 nitrogen and oxygen atoms in total. The number of hydrogen-bond acceptors (Lipinski definition) is 6. The first-order valence-electron chi connectivity index (χ1n) is 8.19. The van der Waals surface area contributed by atoms with Gasteiger partial charge < -0.3 is 9.52 Å². The Morgan fingerprint density at radius 1 is 1.24 bits per heavy atom. The largest absolute Gasteiger partial charge is 0.424 e. The summed E-state index contributed by atoms with van der Waals surface area (Å²) in [6.45, 7) is 7.14. The van der Waals surface area contributed by atoms with E-state index in [1.54, 1.807) is 0 Å². The van der Waals surface area contributed by atoms with Crippen molar-refractivity contribution < 1.29 is 9.52 Å². The molecule has 21 heavy (non-hydrogen) atoms. The van der Waals surface area contributed by atoms with Gasteiger partial charge in [0.05, 0.1) is 13.2 Å². The van der Waals surface area contributed by atoms with Gasteiger partial charge in [-0.2, -0.15) is 0 Å². The first kappa shape index (κ1) is 14.9. The molecule has 1 aromatic rings.